The summed E-state index contributed by atoms with van der Waals surface area (Å²) in [5, 5.41) is 7.44. The van der Waals surface area contributed by atoms with E-state index in [-0.39, 0.29) is 5.91 Å². The first-order chi connectivity index (χ1) is 13.8. The van der Waals surface area contributed by atoms with Gasteiger partial charge in [0.15, 0.2) is 0 Å². The second-order valence-corrected chi connectivity index (χ2v) is 7.17. The van der Waals surface area contributed by atoms with Crippen LogP contribution in [-0.2, 0) is 17.1 Å². The predicted molar refractivity (Wildman–Crippen MR) is 110 cm³/mol. The van der Waals surface area contributed by atoms with Gasteiger partial charge in [-0.25, -0.2) is 4.68 Å². The van der Waals surface area contributed by atoms with E-state index < -0.39 is 0 Å². The van der Waals surface area contributed by atoms with Gasteiger partial charge in [-0.3, -0.25) is 4.79 Å². The lowest BCUT2D eigenvalue weighted by atomic mass is 10.3. The summed E-state index contributed by atoms with van der Waals surface area (Å²) in [4.78, 5) is 12.1. The number of rotatable bonds is 8. The van der Waals surface area contributed by atoms with Crippen molar-refractivity contribution in [3.8, 4) is 11.5 Å². The van der Waals surface area contributed by atoms with Gasteiger partial charge in [-0.05, 0) is 36.4 Å². The zero-order chi connectivity index (χ0) is 19.2. The van der Waals surface area contributed by atoms with Crippen LogP contribution in [0, 0.1) is 0 Å². The minimum Gasteiger partial charge on any atom is -0.467 e. The topological polar surface area (TPSA) is 65.0 Å². The molecule has 0 atom stereocenters. The maximum absolute atomic E-state index is 12.1. The van der Waals surface area contributed by atoms with Crippen LogP contribution >= 0.6 is 11.8 Å². The van der Waals surface area contributed by atoms with Crippen LogP contribution in [0.4, 0.5) is 0 Å². The number of amides is 1. The predicted octanol–water partition coefficient (Wildman–Crippen LogP) is 3.81. The summed E-state index contributed by atoms with van der Waals surface area (Å²) in [5.41, 5.74) is 2.07. The third kappa shape index (κ3) is 4.20. The minimum atomic E-state index is -0.0145. The molecule has 0 aliphatic heterocycles. The van der Waals surface area contributed by atoms with E-state index in [4.69, 9.17) is 4.42 Å². The Kier molecular flexibility index (Phi) is 5.63. The van der Waals surface area contributed by atoms with Gasteiger partial charge in [-0.15, -0.1) is 11.8 Å². The molecule has 3 aromatic heterocycles. The number of aromatic nitrogens is 3. The van der Waals surface area contributed by atoms with Crippen molar-refractivity contribution < 1.29 is 9.21 Å². The molecule has 1 aromatic carbocycles. The SMILES string of the molecule is O=C(CSCc1cnn(-c2ccccc2)c1-n1cccc1)NCc1ccco1. The van der Waals surface area contributed by atoms with Gasteiger partial charge >= 0.3 is 0 Å². The highest BCUT2D eigenvalue weighted by atomic mass is 32.2. The van der Waals surface area contributed by atoms with Crippen molar-refractivity contribution in [1.29, 1.82) is 0 Å². The lowest BCUT2D eigenvalue weighted by Crippen LogP contribution is -2.24. The summed E-state index contributed by atoms with van der Waals surface area (Å²) in [6.07, 6.45) is 7.47. The van der Waals surface area contributed by atoms with Gasteiger partial charge in [0.25, 0.3) is 0 Å². The van der Waals surface area contributed by atoms with Crippen molar-refractivity contribution in [3.63, 3.8) is 0 Å². The lowest BCUT2D eigenvalue weighted by molar-refractivity contribution is -0.118. The maximum atomic E-state index is 12.1. The molecule has 0 saturated carbocycles. The molecule has 0 aliphatic rings. The molecular weight excluding hydrogens is 372 g/mol. The number of nitrogens with zero attached hydrogens (tertiary/aromatic N) is 3. The van der Waals surface area contributed by atoms with Crippen LogP contribution in [0.2, 0.25) is 0 Å². The first-order valence-corrected chi connectivity index (χ1v) is 10.1. The average Bonchev–Trinajstić information content (AvgIpc) is 3.48. The number of para-hydroxylation sites is 1. The molecule has 6 nitrogen and oxygen atoms in total. The normalized spacial score (nSPS) is 10.9. The van der Waals surface area contributed by atoms with E-state index in [0.717, 1.165) is 22.8 Å². The standard InChI is InChI=1S/C21H20N4O2S/c26-20(22-14-19-9-6-12-27-19)16-28-15-17-13-23-25(18-7-2-1-3-8-18)21(17)24-10-4-5-11-24/h1-13H,14-16H2,(H,22,26). The Morgan fingerprint density at radius 2 is 1.89 bits per heavy atom. The van der Waals surface area contributed by atoms with E-state index in [2.05, 4.69) is 10.4 Å². The third-order valence-corrected chi connectivity index (χ3v) is 5.18. The lowest BCUT2D eigenvalue weighted by Gasteiger charge is -2.11. The van der Waals surface area contributed by atoms with Crippen molar-refractivity contribution in [1.82, 2.24) is 19.7 Å². The molecule has 4 rings (SSSR count). The molecule has 1 N–H and O–H groups in total. The second-order valence-electron chi connectivity index (χ2n) is 6.18. The van der Waals surface area contributed by atoms with Crippen LogP contribution in [0.1, 0.15) is 11.3 Å². The number of carbonyl (C=O) groups is 1. The van der Waals surface area contributed by atoms with Gasteiger partial charge in [0.1, 0.15) is 11.6 Å². The summed E-state index contributed by atoms with van der Waals surface area (Å²) < 4.78 is 9.20. The van der Waals surface area contributed by atoms with Crippen LogP contribution < -0.4 is 5.32 Å². The van der Waals surface area contributed by atoms with Crippen LogP contribution in [0.3, 0.4) is 0 Å². The fourth-order valence-corrected chi connectivity index (χ4v) is 3.70. The Morgan fingerprint density at radius 3 is 2.64 bits per heavy atom. The highest BCUT2D eigenvalue weighted by Crippen LogP contribution is 2.23. The maximum Gasteiger partial charge on any atom is 0.230 e. The average molecular weight is 392 g/mol. The molecule has 0 fully saturated rings. The largest absolute Gasteiger partial charge is 0.467 e. The number of furan rings is 1. The highest BCUT2D eigenvalue weighted by Gasteiger charge is 2.14. The molecule has 0 aliphatic carbocycles. The van der Waals surface area contributed by atoms with E-state index >= 15 is 0 Å². The van der Waals surface area contributed by atoms with E-state index in [9.17, 15) is 4.79 Å². The fourth-order valence-electron chi connectivity index (χ4n) is 2.89. The molecule has 1 amide bonds. The second kappa shape index (κ2) is 8.67. The molecule has 0 bridgehead atoms. The van der Waals surface area contributed by atoms with Gasteiger partial charge in [-0.1, -0.05) is 18.2 Å². The molecule has 0 unspecified atom stereocenters. The van der Waals surface area contributed by atoms with Gasteiger partial charge in [-0.2, -0.15) is 5.10 Å². The number of benzene rings is 1. The molecule has 0 radical (unpaired) electrons. The minimum absolute atomic E-state index is 0.0145. The number of nitrogens with one attached hydrogen (secondary N) is 1. The zero-order valence-electron chi connectivity index (χ0n) is 15.2. The zero-order valence-corrected chi connectivity index (χ0v) is 16.0. The van der Waals surface area contributed by atoms with Crippen molar-refractivity contribution in [2.45, 2.75) is 12.3 Å². The van der Waals surface area contributed by atoms with Gasteiger partial charge in [0.2, 0.25) is 5.91 Å². The summed E-state index contributed by atoms with van der Waals surface area (Å²) >= 11 is 1.56. The summed E-state index contributed by atoms with van der Waals surface area (Å²) in [5.74, 6) is 2.79. The number of carbonyl (C=O) groups excluding carboxylic acids is 1. The fraction of sp³-hybridized carbons (Fsp3) is 0.143. The molecule has 4 aromatic rings. The van der Waals surface area contributed by atoms with E-state index in [1.807, 2.05) is 82.4 Å². The monoisotopic (exact) mass is 392 g/mol. The quantitative estimate of drug-likeness (QED) is 0.495. The van der Waals surface area contributed by atoms with E-state index in [1.54, 1.807) is 18.0 Å². The molecular formula is C21H20N4O2S. The van der Waals surface area contributed by atoms with Crippen molar-refractivity contribution in [3.05, 3.63) is 90.8 Å². The van der Waals surface area contributed by atoms with Crippen LogP contribution in [0.15, 0.2) is 83.9 Å². The van der Waals surface area contributed by atoms with Crippen LogP contribution in [-0.4, -0.2) is 26.0 Å². The number of thioether (sulfide) groups is 1. The smallest absolute Gasteiger partial charge is 0.230 e. The molecule has 142 valence electrons. The highest BCUT2D eigenvalue weighted by molar-refractivity contribution is 7.99. The molecule has 3 heterocycles. The number of hydrogen-bond acceptors (Lipinski definition) is 4. The Labute approximate surface area is 167 Å². The molecule has 7 heteroatoms. The molecule has 0 spiro atoms. The van der Waals surface area contributed by atoms with Crippen LogP contribution in [0.5, 0.6) is 0 Å². The van der Waals surface area contributed by atoms with Gasteiger partial charge < -0.3 is 14.3 Å². The van der Waals surface area contributed by atoms with Gasteiger partial charge in [0, 0.05) is 23.7 Å². The number of hydrogen-bond donors (Lipinski definition) is 1. The van der Waals surface area contributed by atoms with Crippen molar-refractivity contribution >= 4 is 17.7 Å². The van der Waals surface area contributed by atoms with Crippen molar-refractivity contribution in [2.24, 2.45) is 0 Å². The Balaban J connectivity index is 1.43. The van der Waals surface area contributed by atoms with Gasteiger partial charge in [0.05, 0.1) is 30.4 Å². The van der Waals surface area contributed by atoms with Crippen molar-refractivity contribution in [2.75, 3.05) is 5.75 Å². The molecule has 0 saturated heterocycles. The first-order valence-electron chi connectivity index (χ1n) is 8.94. The Morgan fingerprint density at radius 1 is 1.07 bits per heavy atom. The Hall–Kier alpha value is -3.19. The third-order valence-electron chi connectivity index (χ3n) is 4.20. The summed E-state index contributed by atoms with van der Waals surface area (Å²) in [7, 11) is 0. The van der Waals surface area contributed by atoms with Crippen LogP contribution in [0.25, 0.3) is 11.5 Å². The van der Waals surface area contributed by atoms with E-state index in [0.29, 0.717) is 18.1 Å². The summed E-state index contributed by atoms with van der Waals surface area (Å²) in [6, 6.07) is 17.7. The Bertz CT molecular complexity index is 1010. The summed E-state index contributed by atoms with van der Waals surface area (Å²) in [6.45, 7) is 0.410. The molecule has 28 heavy (non-hydrogen) atoms. The van der Waals surface area contributed by atoms with E-state index in [1.165, 1.54) is 0 Å². The first kappa shape index (κ1) is 18.2.